The highest BCUT2D eigenvalue weighted by Crippen LogP contribution is 2.20. The second kappa shape index (κ2) is 10.2. The summed E-state index contributed by atoms with van der Waals surface area (Å²) in [4.78, 5) is 0. The Bertz CT molecular complexity index is 541. The average Bonchev–Trinajstić information content (AvgIpc) is 2.63. The van der Waals surface area contributed by atoms with Gasteiger partial charge >= 0.3 is 0 Å². The van der Waals surface area contributed by atoms with Crippen molar-refractivity contribution in [1.29, 1.82) is 0 Å². The van der Waals surface area contributed by atoms with E-state index in [-0.39, 0.29) is 13.2 Å². The van der Waals surface area contributed by atoms with Crippen LogP contribution in [-0.2, 0) is 14.2 Å². The van der Waals surface area contributed by atoms with Crippen molar-refractivity contribution in [3.63, 3.8) is 0 Å². The lowest BCUT2D eigenvalue weighted by molar-refractivity contribution is -0.155. The number of hydrogen-bond acceptors (Lipinski definition) is 3. The Morgan fingerprint density at radius 1 is 0.680 bits per heavy atom. The maximum atomic E-state index is 13.8. The van der Waals surface area contributed by atoms with Crippen LogP contribution in [0.1, 0.15) is 37.2 Å². The molecule has 0 bridgehead atoms. The molecule has 0 radical (unpaired) electrons. The van der Waals surface area contributed by atoms with Crippen molar-refractivity contribution in [2.75, 3.05) is 13.2 Å². The van der Waals surface area contributed by atoms with Crippen molar-refractivity contribution >= 4 is 0 Å². The Labute approximate surface area is 147 Å². The second-order valence-corrected chi connectivity index (χ2v) is 5.74. The first-order valence-electron chi connectivity index (χ1n) is 8.33. The van der Waals surface area contributed by atoms with Gasteiger partial charge in [0.2, 0.25) is 12.7 Å². The number of ether oxygens (including phenoxy) is 3. The number of alkyl halides is 2. The third kappa shape index (κ3) is 6.90. The smallest absolute Gasteiger partial charge is 0.223 e. The molecule has 2 rings (SSSR count). The standard InChI is InChI=1S/C20H24F2O3/c1-15(17-9-5-3-6-10-17)24-19(21)13-23-14-20(22)25-16(2)18-11-7-4-8-12-18/h3-12,15-16,19-20H,13-14H2,1-2H3. The van der Waals surface area contributed by atoms with Crippen LogP contribution in [0, 0.1) is 0 Å². The summed E-state index contributed by atoms with van der Waals surface area (Å²) in [5.41, 5.74) is 1.74. The second-order valence-electron chi connectivity index (χ2n) is 5.74. The fraction of sp³-hybridized carbons (Fsp3) is 0.400. The summed E-state index contributed by atoms with van der Waals surface area (Å²) in [6.07, 6.45) is -4.08. The van der Waals surface area contributed by atoms with Gasteiger partial charge in [0.15, 0.2) is 0 Å². The van der Waals surface area contributed by atoms with E-state index in [0.29, 0.717) is 0 Å². The summed E-state index contributed by atoms with van der Waals surface area (Å²) in [6.45, 7) is 2.82. The van der Waals surface area contributed by atoms with E-state index in [1.165, 1.54) is 0 Å². The molecule has 136 valence electrons. The van der Waals surface area contributed by atoms with Crippen molar-refractivity contribution < 1.29 is 23.0 Å². The lowest BCUT2D eigenvalue weighted by Gasteiger charge is -2.19. The van der Waals surface area contributed by atoms with Crippen LogP contribution in [0.15, 0.2) is 60.7 Å². The van der Waals surface area contributed by atoms with Gasteiger partial charge in [-0.1, -0.05) is 60.7 Å². The van der Waals surface area contributed by atoms with Crippen LogP contribution in [0.4, 0.5) is 8.78 Å². The lowest BCUT2D eigenvalue weighted by Crippen LogP contribution is -2.22. The quantitative estimate of drug-likeness (QED) is 0.593. The highest BCUT2D eigenvalue weighted by molar-refractivity contribution is 5.17. The lowest BCUT2D eigenvalue weighted by atomic mass is 10.1. The molecule has 0 amide bonds. The van der Waals surface area contributed by atoms with Crippen molar-refractivity contribution in [3.8, 4) is 0 Å². The van der Waals surface area contributed by atoms with E-state index in [1.54, 1.807) is 13.8 Å². The Hall–Kier alpha value is -1.82. The first-order chi connectivity index (χ1) is 12.1. The molecule has 2 aromatic carbocycles. The van der Waals surface area contributed by atoms with Crippen LogP contribution < -0.4 is 0 Å². The summed E-state index contributed by atoms with van der Waals surface area (Å²) >= 11 is 0. The van der Waals surface area contributed by atoms with Gasteiger partial charge in [-0.15, -0.1) is 0 Å². The van der Waals surface area contributed by atoms with Crippen LogP contribution in [0.2, 0.25) is 0 Å². The molecule has 0 aliphatic rings. The van der Waals surface area contributed by atoms with E-state index in [1.807, 2.05) is 60.7 Å². The van der Waals surface area contributed by atoms with E-state index < -0.39 is 24.9 Å². The summed E-state index contributed by atoms with van der Waals surface area (Å²) < 4.78 is 43.1. The first-order valence-corrected chi connectivity index (χ1v) is 8.33. The van der Waals surface area contributed by atoms with Gasteiger partial charge in [0.25, 0.3) is 0 Å². The summed E-state index contributed by atoms with van der Waals surface area (Å²) in [6, 6.07) is 18.6. The van der Waals surface area contributed by atoms with Crippen LogP contribution in [0.25, 0.3) is 0 Å². The Morgan fingerprint density at radius 2 is 1.04 bits per heavy atom. The zero-order valence-electron chi connectivity index (χ0n) is 14.5. The molecule has 0 N–H and O–H groups in total. The van der Waals surface area contributed by atoms with Crippen molar-refractivity contribution in [2.45, 2.75) is 38.8 Å². The molecule has 3 nitrogen and oxygen atoms in total. The Balaban J connectivity index is 1.66. The highest BCUT2D eigenvalue weighted by atomic mass is 19.2. The molecule has 4 unspecified atom stereocenters. The van der Waals surface area contributed by atoms with Crippen molar-refractivity contribution in [2.24, 2.45) is 0 Å². The predicted octanol–water partition coefficient (Wildman–Crippen LogP) is 5.15. The molecule has 0 saturated heterocycles. The summed E-state index contributed by atoms with van der Waals surface area (Å²) in [5.74, 6) is 0. The minimum Gasteiger partial charge on any atom is -0.370 e. The SMILES string of the molecule is CC(OC(F)COCC(F)OC(C)c1ccccc1)c1ccccc1. The largest absolute Gasteiger partial charge is 0.370 e. The van der Waals surface area contributed by atoms with E-state index in [4.69, 9.17) is 14.2 Å². The normalized spacial score (nSPS) is 16.2. The minimum absolute atomic E-state index is 0.347. The van der Waals surface area contributed by atoms with E-state index in [2.05, 4.69) is 0 Å². The van der Waals surface area contributed by atoms with Gasteiger partial charge in [-0.05, 0) is 25.0 Å². The van der Waals surface area contributed by atoms with Gasteiger partial charge in [0.1, 0.15) is 13.2 Å². The minimum atomic E-state index is -1.63. The van der Waals surface area contributed by atoms with Gasteiger partial charge in [-0.25, -0.2) is 8.78 Å². The topological polar surface area (TPSA) is 27.7 Å². The van der Waals surface area contributed by atoms with Gasteiger partial charge in [0.05, 0.1) is 12.2 Å². The number of benzene rings is 2. The maximum Gasteiger partial charge on any atom is 0.223 e. The molecule has 0 aliphatic heterocycles. The molecule has 4 atom stereocenters. The molecular formula is C20H24F2O3. The average molecular weight is 350 g/mol. The predicted molar refractivity (Wildman–Crippen MR) is 92.5 cm³/mol. The fourth-order valence-corrected chi connectivity index (χ4v) is 2.38. The molecule has 25 heavy (non-hydrogen) atoms. The molecule has 0 spiro atoms. The van der Waals surface area contributed by atoms with Crippen molar-refractivity contribution in [3.05, 3.63) is 71.8 Å². The molecule has 0 aromatic heterocycles. The summed E-state index contributed by atoms with van der Waals surface area (Å²) in [7, 11) is 0. The highest BCUT2D eigenvalue weighted by Gasteiger charge is 2.17. The first kappa shape index (κ1) is 19.5. The molecule has 2 aromatic rings. The zero-order valence-corrected chi connectivity index (χ0v) is 14.5. The Kier molecular flexibility index (Phi) is 7.98. The van der Waals surface area contributed by atoms with Gasteiger partial charge in [0, 0.05) is 0 Å². The van der Waals surface area contributed by atoms with Crippen LogP contribution in [0.5, 0.6) is 0 Å². The third-order valence-electron chi connectivity index (χ3n) is 3.74. The van der Waals surface area contributed by atoms with Crippen LogP contribution in [0.3, 0.4) is 0 Å². The van der Waals surface area contributed by atoms with Crippen LogP contribution >= 0.6 is 0 Å². The van der Waals surface area contributed by atoms with E-state index >= 15 is 0 Å². The van der Waals surface area contributed by atoms with Crippen LogP contribution in [-0.4, -0.2) is 25.9 Å². The molecule has 0 aliphatic carbocycles. The number of hydrogen-bond donors (Lipinski definition) is 0. The molecule has 5 heteroatoms. The molecule has 0 fully saturated rings. The van der Waals surface area contributed by atoms with E-state index in [9.17, 15) is 8.78 Å². The fourth-order valence-electron chi connectivity index (χ4n) is 2.38. The monoisotopic (exact) mass is 350 g/mol. The summed E-state index contributed by atoms with van der Waals surface area (Å²) in [5, 5.41) is 0. The maximum absolute atomic E-state index is 13.8. The molecular weight excluding hydrogens is 326 g/mol. The molecule has 0 heterocycles. The third-order valence-corrected chi connectivity index (χ3v) is 3.74. The van der Waals surface area contributed by atoms with Gasteiger partial charge < -0.3 is 14.2 Å². The van der Waals surface area contributed by atoms with Gasteiger partial charge in [-0.2, -0.15) is 0 Å². The van der Waals surface area contributed by atoms with Crippen molar-refractivity contribution in [1.82, 2.24) is 0 Å². The Morgan fingerprint density at radius 3 is 1.40 bits per heavy atom. The van der Waals surface area contributed by atoms with Gasteiger partial charge in [-0.3, -0.25) is 0 Å². The zero-order chi connectivity index (χ0) is 18.1. The van der Waals surface area contributed by atoms with E-state index in [0.717, 1.165) is 11.1 Å². The number of rotatable bonds is 10. The number of halogens is 2. The molecule has 0 saturated carbocycles.